The van der Waals surface area contributed by atoms with Gasteiger partial charge in [-0.1, -0.05) is 12.8 Å². The molecule has 2 N–H and O–H groups in total. The van der Waals surface area contributed by atoms with Crippen molar-refractivity contribution in [3.8, 4) is 0 Å². The lowest BCUT2D eigenvalue weighted by molar-refractivity contribution is -0.184. The van der Waals surface area contributed by atoms with Crippen molar-refractivity contribution in [2.75, 3.05) is 5.32 Å². The second kappa shape index (κ2) is 5.00. The Balaban J connectivity index is 1.87. The lowest BCUT2D eigenvalue weighted by Gasteiger charge is -2.34. The number of pyridine rings is 1. The molecule has 3 rings (SSSR count). The highest BCUT2D eigenvalue weighted by Gasteiger charge is 2.45. The number of anilines is 1. The van der Waals surface area contributed by atoms with Crippen LogP contribution in [0.25, 0.3) is 11.0 Å². The molecule has 0 saturated heterocycles. The van der Waals surface area contributed by atoms with E-state index in [1.165, 1.54) is 0 Å². The molecule has 20 heavy (non-hydrogen) atoms. The van der Waals surface area contributed by atoms with E-state index < -0.39 is 18.1 Å². The number of H-pyrrole nitrogens is 1. The van der Waals surface area contributed by atoms with Gasteiger partial charge in [-0.3, -0.25) is 0 Å². The van der Waals surface area contributed by atoms with E-state index in [0.29, 0.717) is 18.5 Å². The van der Waals surface area contributed by atoms with Gasteiger partial charge in [0.05, 0.1) is 5.92 Å². The number of aromatic amines is 1. The first-order chi connectivity index (χ1) is 9.55. The van der Waals surface area contributed by atoms with E-state index in [0.717, 1.165) is 17.5 Å². The monoisotopic (exact) mass is 283 g/mol. The predicted octanol–water partition coefficient (Wildman–Crippen LogP) is 4.10. The van der Waals surface area contributed by atoms with Gasteiger partial charge >= 0.3 is 6.18 Å². The van der Waals surface area contributed by atoms with Gasteiger partial charge in [0.25, 0.3) is 0 Å². The number of halogens is 3. The first-order valence-electron chi connectivity index (χ1n) is 6.81. The van der Waals surface area contributed by atoms with Crippen molar-refractivity contribution in [3.63, 3.8) is 0 Å². The summed E-state index contributed by atoms with van der Waals surface area (Å²) in [6.07, 6.45) is 1.46. The van der Waals surface area contributed by atoms with Crippen LogP contribution in [-0.2, 0) is 0 Å². The second-order valence-electron chi connectivity index (χ2n) is 5.28. The van der Waals surface area contributed by atoms with Crippen molar-refractivity contribution >= 4 is 16.7 Å². The zero-order valence-electron chi connectivity index (χ0n) is 10.9. The average Bonchev–Trinajstić information content (AvgIpc) is 2.87. The summed E-state index contributed by atoms with van der Waals surface area (Å²) in [5.74, 6) is -1.27. The molecule has 0 radical (unpaired) electrons. The van der Waals surface area contributed by atoms with Crippen LogP contribution in [0.1, 0.15) is 25.7 Å². The molecule has 3 nitrogen and oxygen atoms in total. The van der Waals surface area contributed by atoms with E-state index in [9.17, 15) is 13.2 Å². The van der Waals surface area contributed by atoms with Crippen LogP contribution >= 0.6 is 0 Å². The van der Waals surface area contributed by atoms with Crippen LogP contribution in [0, 0.1) is 5.92 Å². The van der Waals surface area contributed by atoms with Crippen LogP contribution < -0.4 is 5.32 Å². The number of hydrogen-bond acceptors (Lipinski definition) is 2. The lowest BCUT2D eigenvalue weighted by Crippen LogP contribution is -2.41. The van der Waals surface area contributed by atoms with Gasteiger partial charge in [-0.15, -0.1) is 0 Å². The Bertz CT molecular complexity index is 591. The smallest absolute Gasteiger partial charge is 0.381 e. The van der Waals surface area contributed by atoms with Crippen molar-refractivity contribution in [1.82, 2.24) is 9.97 Å². The molecule has 2 aromatic rings. The quantitative estimate of drug-likeness (QED) is 0.871. The van der Waals surface area contributed by atoms with Gasteiger partial charge in [0.1, 0.15) is 5.65 Å². The van der Waals surface area contributed by atoms with Gasteiger partial charge in [0.2, 0.25) is 0 Å². The Hall–Kier alpha value is -1.72. The Kier molecular flexibility index (Phi) is 3.31. The molecule has 1 aliphatic carbocycles. The fourth-order valence-electron chi connectivity index (χ4n) is 2.98. The molecule has 0 unspecified atom stereocenters. The maximum absolute atomic E-state index is 13.1. The minimum atomic E-state index is -4.14. The zero-order chi connectivity index (χ0) is 14.2. The number of aromatic nitrogens is 2. The molecule has 1 aliphatic rings. The number of nitrogens with one attached hydrogen (secondary N) is 2. The SMILES string of the molecule is FC(F)(F)[C@H]1CCCC[C@H]1Nc1ccnc2[nH]ccc12. The summed E-state index contributed by atoms with van der Waals surface area (Å²) < 4.78 is 39.3. The topological polar surface area (TPSA) is 40.7 Å². The van der Waals surface area contributed by atoms with Gasteiger partial charge in [-0.25, -0.2) is 4.98 Å². The van der Waals surface area contributed by atoms with Gasteiger partial charge in [0, 0.05) is 29.5 Å². The minimum absolute atomic E-state index is 0.211. The normalized spacial score (nSPS) is 23.9. The fourth-order valence-corrected chi connectivity index (χ4v) is 2.98. The molecule has 108 valence electrons. The maximum atomic E-state index is 13.1. The molecule has 0 aliphatic heterocycles. The van der Waals surface area contributed by atoms with E-state index in [-0.39, 0.29) is 6.42 Å². The minimum Gasteiger partial charge on any atom is -0.381 e. The molecule has 1 fully saturated rings. The number of rotatable bonds is 2. The molecule has 0 amide bonds. The van der Waals surface area contributed by atoms with Crippen LogP contribution in [0.15, 0.2) is 24.5 Å². The number of alkyl halides is 3. The second-order valence-corrected chi connectivity index (χ2v) is 5.28. The molecule has 6 heteroatoms. The Morgan fingerprint density at radius 3 is 2.80 bits per heavy atom. The Morgan fingerprint density at radius 2 is 2.00 bits per heavy atom. The first-order valence-corrected chi connectivity index (χ1v) is 6.81. The summed E-state index contributed by atoms with van der Waals surface area (Å²) in [7, 11) is 0. The van der Waals surface area contributed by atoms with E-state index in [4.69, 9.17) is 0 Å². The molecule has 0 bridgehead atoms. The average molecular weight is 283 g/mol. The number of fused-ring (bicyclic) bond motifs is 1. The highest BCUT2D eigenvalue weighted by molar-refractivity contribution is 5.89. The largest absolute Gasteiger partial charge is 0.393 e. The van der Waals surface area contributed by atoms with Crippen LogP contribution in [-0.4, -0.2) is 22.2 Å². The molecule has 2 heterocycles. The third kappa shape index (κ3) is 2.46. The summed E-state index contributed by atoms with van der Waals surface area (Å²) in [6.45, 7) is 0. The van der Waals surface area contributed by atoms with E-state index in [2.05, 4.69) is 15.3 Å². The van der Waals surface area contributed by atoms with Gasteiger partial charge in [-0.05, 0) is 25.0 Å². The van der Waals surface area contributed by atoms with Crippen molar-refractivity contribution in [2.24, 2.45) is 5.92 Å². The highest BCUT2D eigenvalue weighted by Crippen LogP contribution is 2.39. The van der Waals surface area contributed by atoms with Crippen molar-refractivity contribution in [1.29, 1.82) is 0 Å². The summed E-state index contributed by atoms with van der Waals surface area (Å²) in [4.78, 5) is 7.11. The Morgan fingerprint density at radius 1 is 1.20 bits per heavy atom. The zero-order valence-corrected chi connectivity index (χ0v) is 10.9. The third-order valence-corrected chi connectivity index (χ3v) is 3.99. The van der Waals surface area contributed by atoms with Crippen LogP contribution in [0.4, 0.5) is 18.9 Å². The summed E-state index contributed by atoms with van der Waals surface area (Å²) in [5, 5.41) is 3.92. The summed E-state index contributed by atoms with van der Waals surface area (Å²) >= 11 is 0. The van der Waals surface area contributed by atoms with Crippen LogP contribution in [0.5, 0.6) is 0 Å². The maximum Gasteiger partial charge on any atom is 0.393 e. The molecular weight excluding hydrogens is 267 g/mol. The lowest BCUT2D eigenvalue weighted by atomic mass is 9.84. The third-order valence-electron chi connectivity index (χ3n) is 3.99. The van der Waals surface area contributed by atoms with Gasteiger partial charge in [-0.2, -0.15) is 13.2 Å². The predicted molar refractivity (Wildman–Crippen MR) is 71.5 cm³/mol. The van der Waals surface area contributed by atoms with Crippen molar-refractivity contribution in [3.05, 3.63) is 24.5 Å². The van der Waals surface area contributed by atoms with Gasteiger partial charge in [0.15, 0.2) is 0 Å². The number of hydrogen-bond donors (Lipinski definition) is 2. The molecule has 2 atom stereocenters. The molecule has 0 aromatic carbocycles. The molecular formula is C14H16F3N3. The summed E-state index contributed by atoms with van der Waals surface area (Å²) in [6, 6.07) is 3.01. The molecule has 0 spiro atoms. The first kappa shape index (κ1) is 13.3. The van der Waals surface area contributed by atoms with E-state index in [1.807, 2.05) is 6.07 Å². The standard InChI is InChI=1S/C14H16F3N3/c15-14(16,17)10-3-1-2-4-12(10)20-11-6-8-19-13-9(11)5-7-18-13/h5-8,10,12H,1-4H2,(H2,18,19,20)/t10-,12+/m0/s1. The van der Waals surface area contributed by atoms with E-state index >= 15 is 0 Å². The van der Waals surface area contributed by atoms with Gasteiger partial charge < -0.3 is 10.3 Å². The summed E-state index contributed by atoms with van der Waals surface area (Å²) in [5.41, 5.74) is 1.41. The Labute approximate surface area is 114 Å². The molecule has 2 aromatic heterocycles. The number of nitrogens with zero attached hydrogens (tertiary/aromatic N) is 1. The van der Waals surface area contributed by atoms with Crippen molar-refractivity contribution < 1.29 is 13.2 Å². The fraction of sp³-hybridized carbons (Fsp3) is 0.500. The van der Waals surface area contributed by atoms with Crippen LogP contribution in [0.2, 0.25) is 0 Å². The highest BCUT2D eigenvalue weighted by atomic mass is 19.4. The molecule has 1 saturated carbocycles. The van der Waals surface area contributed by atoms with Crippen LogP contribution in [0.3, 0.4) is 0 Å². The van der Waals surface area contributed by atoms with E-state index in [1.54, 1.807) is 18.5 Å². The van der Waals surface area contributed by atoms with Crippen molar-refractivity contribution in [2.45, 2.75) is 37.9 Å².